The molecule has 1 amide bonds. The molecule has 1 aromatic carbocycles. The van der Waals surface area contributed by atoms with Crippen molar-refractivity contribution in [2.45, 2.75) is 26.1 Å². The van der Waals surface area contributed by atoms with Gasteiger partial charge in [-0.3, -0.25) is 4.79 Å². The molecule has 0 atom stereocenters. The van der Waals surface area contributed by atoms with Crippen LogP contribution in [0.2, 0.25) is 0 Å². The molecule has 0 saturated carbocycles. The van der Waals surface area contributed by atoms with E-state index in [1.807, 2.05) is 41.1 Å². The van der Waals surface area contributed by atoms with Crippen LogP contribution >= 0.6 is 0 Å². The fourth-order valence-electron chi connectivity index (χ4n) is 2.13. The van der Waals surface area contributed by atoms with E-state index in [1.165, 1.54) is 0 Å². The number of hydrogen-bond acceptors (Lipinski definition) is 3. The molecule has 0 spiro atoms. The molecule has 0 bridgehead atoms. The van der Waals surface area contributed by atoms with Gasteiger partial charge in [0.2, 0.25) is 6.41 Å². The van der Waals surface area contributed by atoms with Crippen molar-refractivity contribution in [3.8, 4) is 0 Å². The third-order valence-corrected chi connectivity index (χ3v) is 3.17. The van der Waals surface area contributed by atoms with Gasteiger partial charge in [0.1, 0.15) is 12.4 Å². The molecule has 2 aromatic rings. The van der Waals surface area contributed by atoms with E-state index >= 15 is 0 Å². The Kier molecular flexibility index (Phi) is 5.32. The highest BCUT2D eigenvalue weighted by Crippen LogP contribution is 2.05. The number of aliphatic hydroxyl groups is 1. The van der Waals surface area contributed by atoms with Gasteiger partial charge in [-0.1, -0.05) is 30.3 Å². The number of aliphatic hydroxyl groups excluding tert-OH is 1. The minimum atomic E-state index is -0.0611. The van der Waals surface area contributed by atoms with Crippen LogP contribution in [0.25, 0.3) is 0 Å². The monoisotopic (exact) mass is 273 g/mol. The second kappa shape index (κ2) is 7.45. The molecule has 2 rings (SSSR count). The molecule has 0 aliphatic carbocycles. The van der Waals surface area contributed by atoms with Crippen LogP contribution in [0.3, 0.4) is 0 Å². The molecular weight excluding hydrogens is 254 g/mol. The van der Waals surface area contributed by atoms with Crippen LogP contribution in [-0.4, -0.2) is 32.5 Å². The molecule has 106 valence electrons. The Balaban J connectivity index is 1.81. The van der Waals surface area contributed by atoms with E-state index < -0.39 is 0 Å². The molecule has 0 saturated heterocycles. The van der Waals surface area contributed by atoms with Crippen LogP contribution in [0.15, 0.2) is 42.7 Å². The number of amides is 1. The predicted molar refractivity (Wildman–Crippen MR) is 75.7 cm³/mol. The number of imidazole rings is 1. The first-order valence-electron chi connectivity index (χ1n) is 6.67. The minimum absolute atomic E-state index is 0.0611. The Hall–Kier alpha value is -2.14. The second-order valence-electron chi connectivity index (χ2n) is 4.61. The lowest BCUT2D eigenvalue weighted by Crippen LogP contribution is -2.23. The fraction of sp³-hybridized carbons (Fsp3) is 0.333. The minimum Gasteiger partial charge on any atom is -0.388 e. The summed E-state index contributed by atoms with van der Waals surface area (Å²) in [6, 6.07) is 9.92. The van der Waals surface area contributed by atoms with Crippen molar-refractivity contribution in [3.63, 3.8) is 0 Å². The Morgan fingerprint density at radius 2 is 2.10 bits per heavy atom. The normalized spacial score (nSPS) is 10.4. The molecule has 1 aromatic heterocycles. The average Bonchev–Trinajstić information content (AvgIpc) is 2.94. The van der Waals surface area contributed by atoms with Crippen molar-refractivity contribution in [1.29, 1.82) is 0 Å². The highest BCUT2D eigenvalue weighted by Gasteiger charge is 2.04. The van der Waals surface area contributed by atoms with E-state index in [0.29, 0.717) is 18.9 Å². The van der Waals surface area contributed by atoms with Crippen LogP contribution < -0.4 is 0 Å². The van der Waals surface area contributed by atoms with E-state index in [2.05, 4.69) is 4.98 Å². The molecule has 5 nitrogen and oxygen atoms in total. The molecule has 1 heterocycles. The SMILES string of the molecule is O=CN(CCCn1ccnc1CO)Cc1ccccc1. The van der Waals surface area contributed by atoms with Crippen molar-refractivity contribution in [3.05, 3.63) is 54.1 Å². The van der Waals surface area contributed by atoms with E-state index in [0.717, 1.165) is 24.9 Å². The maximum atomic E-state index is 11.1. The van der Waals surface area contributed by atoms with Gasteiger partial charge in [0, 0.05) is 32.0 Å². The number of nitrogens with zero attached hydrogens (tertiary/aromatic N) is 3. The van der Waals surface area contributed by atoms with Gasteiger partial charge < -0.3 is 14.6 Å². The number of benzene rings is 1. The van der Waals surface area contributed by atoms with Gasteiger partial charge in [0.25, 0.3) is 0 Å². The maximum absolute atomic E-state index is 11.1. The molecule has 20 heavy (non-hydrogen) atoms. The van der Waals surface area contributed by atoms with Gasteiger partial charge in [-0.25, -0.2) is 4.98 Å². The number of carbonyl (C=O) groups is 1. The van der Waals surface area contributed by atoms with Crippen LogP contribution in [0.1, 0.15) is 17.8 Å². The third kappa shape index (κ3) is 3.93. The largest absolute Gasteiger partial charge is 0.388 e. The number of carbonyl (C=O) groups excluding carboxylic acids is 1. The van der Waals surface area contributed by atoms with Crippen molar-refractivity contribution < 1.29 is 9.90 Å². The topological polar surface area (TPSA) is 58.4 Å². The summed E-state index contributed by atoms with van der Waals surface area (Å²) in [7, 11) is 0. The average molecular weight is 273 g/mol. The lowest BCUT2D eigenvalue weighted by atomic mass is 10.2. The van der Waals surface area contributed by atoms with Gasteiger partial charge in [0.05, 0.1) is 0 Å². The molecule has 0 unspecified atom stereocenters. The number of hydrogen-bond donors (Lipinski definition) is 1. The molecule has 1 N–H and O–H groups in total. The van der Waals surface area contributed by atoms with Gasteiger partial charge in [-0.15, -0.1) is 0 Å². The zero-order chi connectivity index (χ0) is 14.2. The Bertz CT molecular complexity index is 525. The third-order valence-electron chi connectivity index (χ3n) is 3.17. The highest BCUT2D eigenvalue weighted by atomic mass is 16.3. The quantitative estimate of drug-likeness (QED) is 0.740. The smallest absolute Gasteiger partial charge is 0.210 e. The lowest BCUT2D eigenvalue weighted by molar-refractivity contribution is -0.118. The zero-order valence-electron chi connectivity index (χ0n) is 11.4. The highest BCUT2D eigenvalue weighted by molar-refractivity contribution is 5.47. The summed E-state index contributed by atoms with van der Waals surface area (Å²) in [5.74, 6) is 0.658. The maximum Gasteiger partial charge on any atom is 0.210 e. The van der Waals surface area contributed by atoms with E-state index in [4.69, 9.17) is 5.11 Å². The standard InChI is InChI=1S/C15H19N3O2/c19-12-15-16-7-10-18(15)9-4-8-17(13-20)11-14-5-2-1-3-6-14/h1-3,5-7,10,13,19H,4,8-9,11-12H2. The summed E-state index contributed by atoms with van der Waals surface area (Å²) in [5.41, 5.74) is 1.12. The van der Waals surface area contributed by atoms with Crippen molar-refractivity contribution in [1.82, 2.24) is 14.5 Å². The summed E-state index contributed by atoms with van der Waals surface area (Å²) in [5, 5.41) is 9.11. The summed E-state index contributed by atoms with van der Waals surface area (Å²) in [4.78, 5) is 16.9. The van der Waals surface area contributed by atoms with Gasteiger partial charge in [-0.05, 0) is 12.0 Å². The lowest BCUT2D eigenvalue weighted by Gasteiger charge is -2.17. The van der Waals surface area contributed by atoms with Crippen LogP contribution in [0.5, 0.6) is 0 Å². The Labute approximate surface area is 118 Å². The van der Waals surface area contributed by atoms with Crippen molar-refractivity contribution >= 4 is 6.41 Å². The summed E-state index contributed by atoms with van der Waals surface area (Å²) in [6.45, 7) is 1.99. The molecule has 5 heteroatoms. The fourth-order valence-corrected chi connectivity index (χ4v) is 2.13. The molecule has 0 aliphatic rings. The Morgan fingerprint density at radius 3 is 2.80 bits per heavy atom. The number of aromatic nitrogens is 2. The first kappa shape index (κ1) is 14.3. The van der Waals surface area contributed by atoms with Crippen LogP contribution in [-0.2, 0) is 24.5 Å². The Morgan fingerprint density at radius 1 is 1.30 bits per heavy atom. The number of aryl methyl sites for hydroxylation is 1. The number of rotatable bonds is 8. The van der Waals surface area contributed by atoms with Crippen molar-refractivity contribution in [2.75, 3.05) is 6.54 Å². The predicted octanol–water partition coefficient (Wildman–Crippen LogP) is 1.42. The summed E-state index contributed by atoms with van der Waals surface area (Å²) in [6.07, 6.45) is 5.23. The second-order valence-corrected chi connectivity index (χ2v) is 4.61. The zero-order valence-corrected chi connectivity index (χ0v) is 11.4. The first-order chi connectivity index (χ1) is 9.83. The van der Waals surface area contributed by atoms with Gasteiger partial charge in [-0.2, -0.15) is 0 Å². The van der Waals surface area contributed by atoms with Crippen LogP contribution in [0.4, 0.5) is 0 Å². The first-order valence-corrected chi connectivity index (χ1v) is 6.67. The summed E-state index contributed by atoms with van der Waals surface area (Å²) < 4.78 is 1.91. The molecule has 0 radical (unpaired) electrons. The van der Waals surface area contributed by atoms with Crippen molar-refractivity contribution in [2.24, 2.45) is 0 Å². The summed E-state index contributed by atoms with van der Waals surface area (Å²) >= 11 is 0. The molecular formula is C15H19N3O2. The van der Waals surface area contributed by atoms with Crippen LogP contribution in [0, 0.1) is 0 Å². The van der Waals surface area contributed by atoms with E-state index in [9.17, 15) is 4.79 Å². The molecule has 0 fully saturated rings. The van der Waals surface area contributed by atoms with Gasteiger partial charge >= 0.3 is 0 Å². The van der Waals surface area contributed by atoms with E-state index in [-0.39, 0.29) is 6.61 Å². The molecule has 0 aliphatic heterocycles. The van der Waals surface area contributed by atoms with E-state index in [1.54, 1.807) is 11.1 Å². The van der Waals surface area contributed by atoms with Gasteiger partial charge in [0.15, 0.2) is 0 Å².